The summed E-state index contributed by atoms with van der Waals surface area (Å²) >= 11 is 8.78. The molecule has 2 unspecified atom stereocenters. The first kappa shape index (κ1) is 9.86. The number of thioether (sulfide) groups is 1. The number of aromatic nitrogens is 2. The van der Waals surface area contributed by atoms with Gasteiger partial charge in [0.05, 0.1) is 0 Å². The molecule has 1 amide bonds. The number of carbonyl (C=O) groups is 1. The highest BCUT2D eigenvalue weighted by Gasteiger charge is 2.41. The minimum absolute atomic E-state index is 0.00722. The van der Waals surface area contributed by atoms with Crippen molar-refractivity contribution in [1.82, 2.24) is 15.1 Å². The smallest absolute Gasteiger partial charge is 0.285 e. The fourth-order valence-corrected chi connectivity index (χ4v) is 4.28. The average Bonchev–Trinajstić information content (AvgIpc) is 2.90. The maximum absolute atomic E-state index is 12.0. The topological polar surface area (TPSA) is 46.1 Å². The SMILES string of the molecule is O=C(c1nnc(Cl)s1)N1CC2CC1CS2. The molecule has 2 bridgehead atoms. The van der Waals surface area contributed by atoms with E-state index in [0.29, 0.717) is 20.8 Å². The molecule has 0 radical (unpaired) electrons. The molecule has 2 atom stereocenters. The lowest BCUT2D eigenvalue weighted by Crippen LogP contribution is -2.39. The summed E-state index contributed by atoms with van der Waals surface area (Å²) in [7, 11) is 0. The predicted octanol–water partition coefficient (Wildman–Crippen LogP) is 1.52. The van der Waals surface area contributed by atoms with Crippen LogP contribution >= 0.6 is 34.7 Å². The summed E-state index contributed by atoms with van der Waals surface area (Å²) in [5, 5.41) is 8.48. The molecule has 0 N–H and O–H groups in total. The number of fused-ring (bicyclic) bond motifs is 2. The first-order chi connectivity index (χ1) is 7.24. The maximum Gasteiger partial charge on any atom is 0.285 e. The molecule has 0 aliphatic carbocycles. The van der Waals surface area contributed by atoms with E-state index < -0.39 is 0 Å². The molecule has 3 heterocycles. The summed E-state index contributed by atoms with van der Waals surface area (Å²) in [4.78, 5) is 13.9. The first-order valence-electron chi connectivity index (χ1n) is 4.65. The van der Waals surface area contributed by atoms with Crippen molar-refractivity contribution in [1.29, 1.82) is 0 Å². The van der Waals surface area contributed by atoms with Gasteiger partial charge in [-0.25, -0.2) is 0 Å². The van der Waals surface area contributed by atoms with Gasteiger partial charge in [0.25, 0.3) is 5.91 Å². The van der Waals surface area contributed by atoms with Gasteiger partial charge in [0.2, 0.25) is 9.47 Å². The van der Waals surface area contributed by atoms with Crippen molar-refractivity contribution < 1.29 is 4.79 Å². The number of halogens is 1. The van der Waals surface area contributed by atoms with E-state index in [4.69, 9.17) is 11.6 Å². The standard InChI is InChI=1S/C8H8ClN3OS2/c9-8-11-10-6(15-8)7(13)12-2-5-1-4(12)3-14-5/h4-5H,1-3H2. The van der Waals surface area contributed by atoms with Gasteiger partial charge in [-0.3, -0.25) is 4.79 Å². The highest BCUT2D eigenvalue weighted by atomic mass is 35.5. The fraction of sp³-hybridized carbons (Fsp3) is 0.625. The van der Waals surface area contributed by atoms with Crippen LogP contribution in [0.25, 0.3) is 0 Å². The minimum atomic E-state index is -0.00722. The van der Waals surface area contributed by atoms with Crippen LogP contribution in [0.15, 0.2) is 0 Å². The van der Waals surface area contributed by atoms with Crippen LogP contribution < -0.4 is 0 Å². The van der Waals surface area contributed by atoms with Crippen molar-refractivity contribution in [2.24, 2.45) is 0 Å². The third-order valence-corrected chi connectivity index (χ3v) is 5.14. The molecular formula is C8H8ClN3OS2. The summed E-state index contributed by atoms with van der Waals surface area (Å²) < 4.78 is 0.331. The molecule has 2 aliphatic rings. The Kier molecular flexibility index (Phi) is 2.37. The minimum Gasteiger partial charge on any atom is -0.332 e. The van der Waals surface area contributed by atoms with Gasteiger partial charge < -0.3 is 4.90 Å². The van der Waals surface area contributed by atoms with Gasteiger partial charge in [0.15, 0.2) is 0 Å². The molecule has 3 rings (SSSR count). The Bertz CT molecular complexity index is 410. The second-order valence-electron chi connectivity index (χ2n) is 3.66. The van der Waals surface area contributed by atoms with Crippen LogP contribution in [0.3, 0.4) is 0 Å². The normalized spacial score (nSPS) is 28.7. The third-order valence-electron chi connectivity index (χ3n) is 2.74. The van der Waals surface area contributed by atoms with Gasteiger partial charge in [-0.2, -0.15) is 11.8 Å². The van der Waals surface area contributed by atoms with Crippen LogP contribution in [0.4, 0.5) is 0 Å². The largest absolute Gasteiger partial charge is 0.332 e. The second-order valence-corrected chi connectivity index (χ2v) is 6.56. The van der Waals surface area contributed by atoms with Gasteiger partial charge in [-0.15, -0.1) is 10.2 Å². The van der Waals surface area contributed by atoms with Crippen LogP contribution in [-0.4, -0.2) is 44.6 Å². The molecule has 2 aliphatic heterocycles. The molecule has 4 nitrogen and oxygen atoms in total. The Morgan fingerprint density at radius 1 is 1.53 bits per heavy atom. The van der Waals surface area contributed by atoms with Gasteiger partial charge in [0, 0.05) is 23.6 Å². The van der Waals surface area contributed by atoms with E-state index in [1.54, 1.807) is 0 Å². The highest BCUT2D eigenvalue weighted by Crippen LogP contribution is 2.38. The van der Waals surface area contributed by atoms with Crippen molar-refractivity contribution in [2.75, 3.05) is 12.3 Å². The molecule has 0 saturated carbocycles. The number of carbonyl (C=O) groups excluding carboxylic acids is 1. The number of nitrogens with zero attached hydrogens (tertiary/aromatic N) is 3. The molecule has 0 spiro atoms. The number of rotatable bonds is 1. The van der Waals surface area contributed by atoms with E-state index in [9.17, 15) is 4.79 Å². The van der Waals surface area contributed by atoms with E-state index in [2.05, 4.69) is 10.2 Å². The molecule has 7 heteroatoms. The predicted molar refractivity (Wildman–Crippen MR) is 60.6 cm³/mol. The zero-order valence-electron chi connectivity index (χ0n) is 7.72. The van der Waals surface area contributed by atoms with Crippen LogP contribution in [0, 0.1) is 0 Å². The van der Waals surface area contributed by atoms with Crippen LogP contribution in [0.2, 0.25) is 4.47 Å². The Morgan fingerprint density at radius 3 is 2.93 bits per heavy atom. The Labute approximate surface area is 100 Å². The summed E-state index contributed by atoms with van der Waals surface area (Å²) in [6, 6.07) is 0.398. The van der Waals surface area contributed by atoms with Crippen LogP contribution in [0.1, 0.15) is 16.2 Å². The zero-order valence-corrected chi connectivity index (χ0v) is 10.1. The molecule has 1 aromatic heterocycles. The Morgan fingerprint density at radius 2 is 2.40 bits per heavy atom. The summed E-state index contributed by atoms with van der Waals surface area (Å²) in [6.45, 7) is 0.853. The van der Waals surface area contributed by atoms with E-state index in [0.717, 1.165) is 30.1 Å². The lowest BCUT2D eigenvalue weighted by Gasteiger charge is -2.25. The second kappa shape index (κ2) is 3.61. The number of amides is 1. The van der Waals surface area contributed by atoms with Gasteiger partial charge in [-0.1, -0.05) is 11.3 Å². The van der Waals surface area contributed by atoms with Crippen molar-refractivity contribution in [2.45, 2.75) is 17.7 Å². The Balaban J connectivity index is 1.81. The average molecular weight is 262 g/mol. The Hall–Kier alpha value is -0.330. The maximum atomic E-state index is 12.0. The van der Waals surface area contributed by atoms with Gasteiger partial charge in [0.1, 0.15) is 0 Å². The fourth-order valence-electron chi connectivity index (χ4n) is 2.06. The molecule has 2 fully saturated rings. The molecule has 80 valence electrons. The van der Waals surface area contributed by atoms with E-state index >= 15 is 0 Å². The molecule has 0 aromatic carbocycles. The molecule has 1 aromatic rings. The van der Waals surface area contributed by atoms with Crippen molar-refractivity contribution in [3.05, 3.63) is 9.47 Å². The van der Waals surface area contributed by atoms with Crippen molar-refractivity contribution in [3.8, 4) is 0 Å². The number of likely N-dealkylation sites (tertiary alicyclic amines) is 1. The summed E-state index contributed by atoms with van der Waals surface area (Å²) in [5.74, 6) is 1.05. The van der Waals surface area contributed by atoms with E-state index in [1.807, 2.05) is 16.7 Å². The zero-order chi connectivity index (χ0) is 10.4. The number of hydrogen-bond donors (Lipinski definition) is 0. The van der Waals surface area contributed by atoms with Crippen LogP contribution in [0.5, 0.6) is 0 Å². The quantitative estimate of drug-likeness (QED) is 0.769. The van der Waals surface area contributed by atoms with Crippen LogP contribution in [-0.2, 0) is 0 Å². The van der Waals surface area contributed by atoms with E-state index in [1.165, 1.54) is 0 Å². The van der Waals surface area contributed by atoms with Crippen molar-refractivity contribution >= 4 is 40.6 Å². The third kappa shape index (κ3) is 1.64. The highest BCUT2D eigenvalue weighted by molar-refractivity contribution is 8.00. The van der Waals surface area contributed by atoms with E-state index in [-0.39, 0.29) is 5.91 Å². The molecule has 15 heavy (non-hydrogen) atoms. The first-order valence-corrected chi connectivity index (χ1v) is 6.90. The summed E-state index contributed by atoms with van der Waals surface area (Å²) in [6.07, 6.45) is 1.13. The number of hydrogen-bond acceptors (Lipinski definition) is 5. The van der Waals surface area contributed by atoms with Crippen molar-refractivity contribution in [3.63, 3.8) is 0 Å². The molecule has 2 saturated heterocycles. The van der Waals surface area contributed by atoms with Gasteiger partial charge >= 0.3 is 0 Å². The lowest BCUT2D eigenvalue weighted by atomic mass is 10.2. The lowest BCUT2D eigenvalue weighted by molar-refractivity contribution is 0.0746. The van der Waals surface area contributed by atoms with Gasteiger partial charge in [-0.05, 0) is 18.0 Å². The summed E-state index contributed by atoms with van der Waals surface area (Å²) in [5.41, 5.74) is 0. The molecular weight excluding hydrogens is 254 g/mol. The monoisotopic (exact) mass is 261 g/mol.